The van der Waals surface area contributed by atoms with E-state index in [9.17, 15) is 0 Å². The van der Waals surface area contributed by atoms with Gasteiger partial charge in [0, 0.05) is 12.6 Å². The Morgan fingerprint density at radius 2 is 1.84 bits per heavy atom. The number of allylic oxidation sites excluding steroid dienone is 2. The Bertz CT molecular complexity index is 498. The molecule has 2 aliphatic rings. The van der Waals surface area contributed by atoms with Gasteiger partial charge in [-0.05, 0) is 54.5 Å². The first-order chi connectivity index (χ1) is 9.35. The van der Waals surface area contributed by atoms with E-state index in [-0.39, 0.29) is 0 Å². The Hall–Kier alpha value is -1.54. The lowest BCUT2D eigenvalue weighted by molar-refractivity contribution is 0.414. The Morgan fingerprint density at radius 1 is 1.11 bits per heavy atom. The molecule has 0 bridgehead atoms. The first-order valence-corrected chi connectivity index (χ1v) is 7.10. The topological polar surface area (TPSA) is 21.3 Å². The fourth-order valence-corrected chi connectivity index (χ4v) is 2.96. The zero-order chi connectivity index (χ0) is 13.1. The smallest absolute Gasteiger partial charge is 0.118 e. The monoisotopic (exact) mass is 255 g/mol. The predicted molar refractivity (Wildman–Crippen MR) is 78.5 cm³/mol. The lowest BCUT2D eigenvalue weighted by atomic mass is 9.87. The van der Waals surface area contributed by atoms with Gasteiger partial charge < -0.3 is 10.1 Å². The van der Waals surface area contributed by atoms with Crippen LogP contribution in [0.1, 0.15) is 24.8 Å². The summed E-state index contributed by atoms with van der Waals surface area (Å²) in [7, 11) is 1.71. The van der Waals surface area contributed by atoms with Gasteiger partial charge in [0.1, 0.15) is 5.75 Å². The quantitative estimate of drug-likeness (QED) is 0.895. The molecule has 0 radical (unpaired) electrons. The van der Waals surface area contributed by atoms with Gasteiger partial charge >= 0.3 is 0 Å². The number of ether oxygens (including phenoxy) is 1. The molecule has 0 aromatic heterocycles. The van der Waals surface area contributed by atoms with Crippen LogP contribution in [0.3, 0.4) is 0 Å². The second-order valence-electron chi connectivity index (χ2n) is 5.37. The number of fused-ring (bicyclic) bond motifs is 1. The molecule has 1 N–H and O–H groups in total. The van der Waals surface area contributed by atoms with Crippen molar-refractivity contribution in [3.63, 3.8) is 0 Å². The SMILES string of the molecule is COc1ccc(CC2CC3=CCCC=C3CN2)cc1. The van der Waals surface area contributed by atoms with E-state index in [0.29, 0.717) is 6.04 Å². The largest absolute Gasteiger partial charge is 0.497 e. The van der Waals surface area contributed by atoms with Gasteiger partial charge in [-0.25, -0.2) is 0 Å². The molecular formula is C17H21NO. The van der Waals surface area contributed by atoms with Crippen LogP contribution in [0.25, 0.3) is 0 Å². The molecule has 0 amide bonds. The minimum Gasteiger partial charge on any atom is -0.497 e. The molecule has 1 unspecified atom stereocenters. The summed E-state index contributed by atoms with van der Waals surface area (Å²) in [6, 6.07) is 8.99. The van der Waals surface area contributed by atoms with Crippen LogP contribution in [0.2, 0.25) is 0 Å². The van der Waals surface area contributed by atoms with Crippen LogP contribution in [-0.2, 0) is 6.42 Å². The van der Waals surface area contributed by atoms with Crippen molar-refractivity contribution in [2.24, 2.45) is 0 Å². The first-order valence-electron chi connectivity index (χ1n) is 7.10. The van der Waals surface area contributed by atoms with Crippen molar-refractivity contribution in [3.05, 3.63) is 53.1 Å². The van der Waals surface area contributed by atoms with Crippen molar-refractivity contribution in [3.8, 4) is 5.75 Å². The van der Waals surface area contributed by atoms with Gasteiger partial charge in [0.25, 0.3) is 0 Å². The van der Waals surface area contributed by atoms with Crippen molar-refractivity contribution in [1.82, 2.24) is 5.32 Å². The summed E-state index contributed by atoms with van der Waals surface area (Å²) < 4.78 is 5.20. The van der Waals surface area contributed by atoms with Crippen LogP contribution in [-0.4, -0.2) is 19.7 Å². The standard InChI is InChI=1S/C17H21NO/c1-19-17-8-6-13(7-9-17)10-16-11-14-4-2-3-5-15(14)12-18-16/h4-9,16,18H,2-3,10-12H2,1H3. The van der Waals surface area contributed by atoms with Gasteiger partial charge in [0.05, 0.1) is 7.11 Å². The molecule has 1 atom stereocenters. The van der Waals surface area contributed by atoms with E-state index < -0.39 is 0 Å². The van der Waals surface area contributed by atoms with Crippen molar-refractivity contribution in [2.45, 2.75) is 31.7 Å². The van der Waals surface area contributed by atoms with Crippen molar-refractivity contribution in [1.29, 1.82) is 0 Å². The molecular weight excluding hydrogens is 234 g/mol. The lowest BCUT2D eigenvalue weighted by Crippen LogP contribution is -2.38. The van der Waals surface area contributed by atoms with Crippen molar-refractivity contribution < 1.29 is 4.74 Å². The molecule has 0 spiro atoms. The molecule has 1 heterocycles. The minimum atomic E-state index is 0.565. The third kappa shape index (κ3) is 2.90. The third-order valence-electron chi connectivity index (χ3n) is 4.05. The Morgan fingerprint density at radius 3 is 2.58 bits per heavy atom. The van der Waals surface area contributed by atoms with Crippen molar-refractivity contribution in [2.75, 3.05) is 13.7 Å². The molecule has 1 saturated heterocycles. The number of hydrogen-bond donors (Lipinski definition) is 1. The Kier molecular flexibility index (Phi) is 3.69. The molecule has 2 nitrogen and oxygen atoms in total. The number of hydrogen-bond acceptors (Lipinski definition) is 2. The number of piperidine rings is 1. The second kappa shape index (κ2) is 5.62. The molecule has 1 aromatic carbocycles. The minimum absolute atomic E-state index is 0.565. The summed E-state index contributed by atoms with van der Waals surface area (Å²) in [4.78, 5) is 0. The summed E-state index contributed by atoms with van der Waals surface area (Å²) in [5.41, 5.74) is 4.47. The van der Waals surface area contributed by atoms with Crippen LogP contribution in [0.5, 0.6) is 5.75 Å². The van der Waals surface area contributed by atoms with Gasteiger partial charge in [-0.2, -0.15) is 0 Å². The van der Waals surface area contributed by atoms with E-state index in [1.807, 2.05) is 12.1 Å². The van der Waals surface area contributed by atoms with E-state index >= 15 is 0 Å². The third-order valence-corrected chi connectivity index (χ3v) is 4.05. The van der Waals surface area contributed by atoms with Gasteiger partial charge in [0.15, 0.2) is 0 Å². The molecule has 1 fully saturated rings. The predicted octanol–water partition coefficient (Wildman–Crippen LogP) is 3.25. The zero-order valence-corrected chi connectivity index (χ0v) is 11.5. The molecule has 0 saturated carbocycles. The molecule has 1 aliphatic heterocycles. The van der Waals surface area contributed by atoms with Gasteiger partial charge in [-0.15, -0.1) is 0 Å². The number of methoxy groups -OCH3 is 1. The lowest BCUT2D eigenvalue weighted by Gasteiger charge is -2.30. The number of nitrogens with one attached hydrogen (secondary N) is 1. The average Bonchev–Trinajstić information content (AvgIpc) is 2.48. The van der Waals surface area contributed by atoms with Gasteiger partial charge in [-0.3, -0.25) is 0 Å². The Balaban J connectivity index is 1.64. The first kappa shape index (κ1) is 12.5. The molecule has 1 aromatic rings. The van der Waals surface area contributed by atoms with Crippen LogP contribution in [0.15, 0.2) is 47.6 Å². The highest BCUT2D eigenvalue weighted by Crippen LogP contribution is 2.27. The number of rotatable bonds is 3. The molecule has 3 rings (SSSR count). The molecule has 1 aliphatic carbocycles. The zero-order valence-electron chi connectivity index (χ0n) is 11.5. The van der Waals surface area contributed by atoms with Crippen LogP contribution >= 0.6 is 0 Å². The van der Waals surface area contributed by atoms with Gasteiger partial charge in [-0.1, -0.05) is 24.3 Å². The summed E-state index contributed by atoms with van der Waals surface area (Å²) in [6.45, 7) is 1.03. The van der Waals surface area contributed by atoms with Crippen LogP contribution < -0.4 is 10.1 Å². The average molecular weight is 255 g/mol. The van der Waals surface area contributed by atoms with Crippen LogP contribution in [0.4, 0.5) is 0 Å². The fourth-order valence-electron chi connectivity index (χ4n) is 2.96. The second-order valence-corrected chi connectivity index (χ2v) is 5.37. The fraction of sp³-hybridized carbons (Fsp3) is 0.412. The highest BCUT2D eigenvalue weighted by molar-refractivity contribution is 5.38. The van der Waals surface area contributed by atoms with Crippen LogP contribution in [0, 0.1) is 0 Å². The highest BCUT2D eigenvalue weighted by Gasteiger charge is 2.21. The van der Waals surface area contributed by atoms with E-state index in [4.69, 9.17) is 4.74 Å². The highest BCUT2D eigenvalue weighted by atomic mass is 16.5. The Labute approximate surface area is 115 Å². The maximum atomic E-state index is 5.20. The normalized spacial score (nSPS) is 22.3. The molecule has 2 heteroatoms. The van der Waals surface area contributed by atoms with Gasteiger partial charge in [0.2, 0.25) is 0 Å². The summed E-state index contributed by atoms with van der Waals surface area (Å²) >= 11 is 0. The maximum Gasteiger partial charge on any atom is 0.118 e. The molecule has 100 valence electrons. The molecule has 19 heavy (non-hydrogen) atoms. The van der Waals surface area contributed by atoms with Crippen molar-refractivity contribution >= 4 is 0 Å². The number of benzene rings is 1. The summed E-state index contributed by atoms with van der Waals surface area (Å²) in [5, 5.41) is 3.66. The summed E-state index contributed by atoms with van der Waals surface area (Å²) in [5.74, 6) is 0.931. The summed E-state index contributed by atoms with van der Waals surface area (Å²) in [6.07, 6.45) is 9.51. The van der Waals surface area contributed by atoms with E-state index in [0.717, 1.165) is 25.1 Å². The van der Waals surface area contributed by atoms with E-state index in [1.54, 1.807) is 12.7 Å². The van der Waals surface area contributed by atoms with E-state index in [1.165, 1.54) is 24.0 Å². The van der Waals surface area contributed by atoms with E-state index in [2.05, 4.69) is 29.6 Å². The maximum absolute atomic E-state index is 5.20.